The molecule has 0 saturated carbocycles. The Kier molecular flexibility index (Phi) is 4.79. The van der Waals surface area contributed by atoms with Crippen molar-refractivity contribution in [2.75, 3.05) is 0 Å². The fraction of sp³-hybridized carbons (Fsp3) is 0.158. The molecule has 0 saturated heterocycles. The van der Waals surface area contributed by atoms with Gasteiger partial charge in [-0.15, -0.1) is 11.3 Å². The highest BCUT2D eigenvalue weighted by atomic mass is 32.1. The van der Waals surface area contributed by atoms with E-state index in [1.54, 1.807) is 35.9 Å². The monoisotopic (exact) mass is 368 g/mol. The van der Waals surface area contributed by atoms with Gasteiger partial charge in [0.15, 0.2) is 10.6 Å². The third-order valence-electron chi connectivity index (χ3n) is 3.98. The number of hydrogen-bond donors (Lipinski definition) is 0. The molecule has 0 aliphatic heterocycles. The normalized spacial score (nSPS) is 12.0. The highest BCUT2D eigenvalue weighted by Crippen LogP contribution is 2.21. The second-order valence-electron chi connectivity index (χ2n) is 5.77. The number of nitrogens with zero attached hydrogens (tertiary/aromatic N) is 4. The lowest BCUT2D eigenvalue weighted by Gasteiger charge is -2.08. The van der Waals surface area contributed by atoms with Crippen LogP contribution in [0.1, 0.15) is 6.42 Å². The first-order valence-corrected chi connectivity index (χ1v) is 9.16. The average molecular weight is 368 g/mol. The zero-order valence-corrected chi connectivity index (χ0v) is 14.8. The van der Waals surface area contributed by atoms with Gasteiger partial charge in [-0.2, -0.15) is 0 Å². The van der Waals surface area contributed by atoms with Gasteiger partial charge in [0, 0.05) is 30.9 Å². The van der Waals surface area contributed by atoms with Gasteiger partial charge < -0.3 is 13.6 Å². The summed E-state index contributed by atoms with van der Waals surface area (Å²) in [5.74, 6) is 0.545. The van der Waals surface area contributed by atoms with Crippen molar-refractivity contribution in [1.29, 1.82) is 0 Å². The number of imidazole rings is 1. The van der Waals surface area contributed by atoms with Crippen LogP contribution in [0.5, 0.6) is 0 Å². The summed E-state index contributed by atoms with van der Waals surface area (Å²) in [6.07, 6.45) is 8.14. The van der Waals surface area contributed by atoms with Crippen molar-refractivity contribution >= 4 is 17.0 Å². The lowest BCUT2D eigenvalue weighted by atomic mass is 10.3. The Morgan fingerprint density at radius 3 is 2.77 bits per heavy atom. The molecule has 3 aromatic heterocycles. The first-order valence-electron chi connectivity index (χ1n) is 8.28. The predicted molar refractivity (Wildman–Crippen MR) is 98.5 cm³/mol. The smallest absolute Gasteiger partial charge is 0.190 e. The molecule has 26 heavy (non-hydrogen) atoms. The van der Waals surface area contributed by atoms with Crippen molar-refractivity contribution in [2.45, 2.75) is 19.5 Å². The van der Waals surface area contributed by atoms with Gasteiger partial charge >= 0.3 is 0 Å². The van der Waals surface area contributed by atoms with Crippen molar-refractivity contribution < 1.29 is 8.81 Å². The molecule has 4 rings (SSSR count). The molecule has 0 atom stereocenters. The Bertz CT molecular complexity index is 1010. The summed E-state index contributed by atoms with van der Waals surface area (Å²) in [7, 11) is 0. The number of thiazole rings is 1. The Morgan fingerprint density at radius 1 is 1.15 bits per heavy atom. The predicted octanol–water partition coefficient (Wildman–Crippen LogP) is 4.47. The van der Waals surface area contributed by atoms with Crippen LogP contribution in [0.2, 0.25) is 0 Å². The van der Waals surface area contributed by atoms with Gasteiger partial charge in [0.25, 0.3) is 0 Å². The molecule has 3 heterocycles. The molecule has 1 aromatic carbocycles. The van der Waals surface area contributed by atoms with Crippen molar-refractivity contribution in [3.63, 3.8) is 0 Å². The van der Waals surface area contributed by atoms with Crippen molar-refractivity contribution in [3.8, 4) is 11.5 Å². The molecular formula is C19H17FN4OS. The molecule has 0 aliphatic rings. The Hall–Kier alpha value is -2.93. The molecule has 7 heteroatoms. The van der Waals surface area contributed by atoms with Gasteiger partial charge in [-0.25, -0.2) is 14.4 Å². The Balaban J connectivity index is 1.65. The highest BCUT2D eigenvalue weighted by Gasteiger charge is 2.10. The standard InChI is InChI=1S/C19H17FN4OS/c20-15-4-6-16(7-5-15)22-19-24(10-2-9-23-11-8-21-14-23)17(13-26-19)18-3-1-12-25-18/h1,3-8,11-14H,2,9-10H2. The molecule has 0 amide bonds. The number of benzene rings is 1. The molecule has 0 N–H and O–H groups in total. The van der Waals surface area contributed by atoms with E-state index in [1.807, 2.05) is 30.0 Å². The van der Waals surface area contributed by atoms with E-state index in [9.17, 15) is 4.39 Å². The zero-order chi connectivity index (χ0) is 17.8. The first-order chi connectivity index (χ1) is 12.8. The Morgan fingerprint density at radius 2 is 2.04 bits per heavy atom. The number of rotatable bonds is 6. The molecule has 0 spiro atoms. The lowest BCUT2D eigenvalue weighted by Crippen LogP contribution is -2.17. The minimum atomic E-state index is -0.264. The van der Waals surface area contributed by atoms with Gasteiger partial charge in [-0.1, -0.05) is 0 Å². The van der Waals surface area contributed by atoms with Gasteiger partial charge in [0.2, 0.25) is 0 Å². The van der Waals surface area contributed by atoms with Crippen molar-refractivity contribution in [2.24, 2.45) is 4.99 Å². The van der Waals surface area contributed by atoms with E-state index < -0.39 is 0 Å². The average Bonchev–Trinajstić information content (AvgIpc) is 3.39. The largest absolute Gasteiger partial charge is 0.463 e. The van der Waals surface area contributed by atoms with Crippen LogP contribution >= 0.6 is 11.3 Å². The summed E-state index contributed by atoms with van der Waals surface area (Å²) < 4.78 is 22.9. The third kappa shape index (κ3) is 3.67. The maximum Gasteiger partial charge on any atom is 0.190 e. The number of hydrogen-bond acceptors (Lipinski definition) is 4. The van der Waals surface area contributed by atoms with Crippen molar-refractivity contribution in [3.05, 3.63) is 77.4 Å². The fourth-order valence-corrected chi connectivity index (χ4v) is 3.65. The highest BCUT2D eigenvalue weighted by molar-refractivity contribution is 7.07. The van der Waals surface area contributed by atoms with Gasteiger partial charge in [0.05, 0.1) is 24.0 Å². The van der Waals surface area contributed by atoms with Crippen LogP contribution < -0.4 is 4.80 Å². The SMILES string of the molecule is Fc1ccc(N=c2scc(-c3ccco3)n2CCCn2ccnc2)cc1. The second kappa shape index (κ2) is 7.53. The summed E-state index contributed by atoms with van der Waals surface area (Å²) in [6, 6.07) is 10.0. The van der Waals surface area contributed by atoms with Gasteiger partial charge in [0.1, 0.15) is 5.82 Å². The van der Waals surface area contributed by atoms with Crippen LogP contribution in [0, 0.1) is 5.82 Å². The summed E-state index contributed by atoms with van der Waals surface area (Å²) in [6.45, 7) is 1.66. The molecule has 0 bridgehead atoms. The maximum atomic E-state index is 13.1. The molecular weight excluding hydrogens is 351 g/mol. The van der Waals surface area contributed by atoms with Crippen LogP contribution in [0.3, 0.4) is 0 Å². The number of aryl methyl sites for hydroxylation is 1. The number of halogens is 1. The van der Waals surface area contributed by atoms with E-state index >= 15 is 0 Å². The van der Waals surface area contributed by atoms with Gasteiger partial charge in [-0.3, -0.25) is 0 Å². The molecule has 0 aliphatic carbocycles. The topological polar surface area (TPSA) is 48.2 Å². The minimum Gasteiger partial charge on any atom is -0.463 e. The van der Waals surface area contributed by atoms with E-state index in [0.717, 1.165) is 41.5 Å². The van der Waals surface area contributed by atoms with Crippen LogP contribution in [0.25, 0.3) is 11.5 Å². The number of aromatic nitrogens is 3. The second-order valence-corrected chi connectivity index (χ2v) is 6.61. The van der Waals surface area contributed by atoms with E-state index in [2.05, 4.69) is 19.1 Å². The fourth-order valence-electron chi connectivity index (χ4n) is 2.71. The molecule has 0 fully saturated rings. The Labute approximate surface area is 153 Å². The molecule has 132 valence electrons. The lowest BCUT2D eigenvalue weighted by molar-refractivity contribution is 0.541. The maximum absolute atomic E-state index is 13.1. The summed E-state index contributed by atoms with van der Waals surface area (Å²) in [4.78, 5) is 9.61. The third-order valence-corrected chi connectivity index (χ3v) is 4.84. The van der Waals surface area contributed by atoms with E-state index in [4.69, 9.17) is 4.42 Å². The van der Waals surface area contributed by atoms with Crippen LogP contribution in [-0.4, -0.2) is 14.1 Å². The number of furan rings is 1. The van der Waals surface area contributed by atoms with Crippen LogP contribution in [-0.2, 0) is 13.1 Å². The van der Waals surface area contributed by atoms with Crippen molar-refractivity contribution in [1.82, 2.24) is 14.1 Å². The first kappa shape index (κ1) is 16.5. The molecule has 4 aromatic rings. The van der Waals surface area contributed by atoms with Crippen LogP contribution in [0.15, 0.2) is 76.2 Å². The summed E-state index contributed by atoms with van der Waals surface area (Å²) >= 11 is 1.54. The van der Waals surface area contributed by atoms with E-state index in [1.165, 1.54) is 12.1 Å². The summed E-state index contributed by atoms with van der Waals surface area (Å²) in [5.41, 5.74) is 1.72. The molecule has 5 nitrogen and oxygen atoms in total. The quantitative estimate of drug-likeness (QED) is 0.504. The van der Waals surface area contributed by atoms with E-state index in [0.29, 0.717) is 0 Å². The molecule has 0 unspecified atom stereocenters. The minimum absolute atomic E-state index is 0.264. The molecule has 0 radical (unpaired) electrons. The summed E-state index contributed by atoms with van der Waals surface area (Å²) in [5, 5.41) is 2.04. The van der Waals surface area contributed by atoms with Crippen LogP contribution in [0.4, 0.5) is 10.1 Å². The van der Waals surface area contributed by atoms with E-state index in [-0.39, 0.29) is 5.82 Å². The van der Waals surface area contributed by atoms with Gasteiger partial charge in [-0.05, 0) is 42.8 Å². The zero-order valence-electron chi connectivity index (χ0n) is 14.0.